The zero-order chi connectivity index (χ0) is 14.7. The van der Waals surface area contributed by atoms with E-state index >= 15 is 0 Å². The molecule has 4 heteroatoms. The van der Waals surface area contributed by atoms with Gasteiger partial charge in [0.05, 0.1) is 12.2 Å². The van der Waals surface area contributed by atoms with E-state index in [0.717, 1.165) is 25.7 Å². The van der Waals surface area contributed by atoms with Crippen molar-refractivity contribution in [1.29, 1.82) is 0 Å². The molecule has 1 aromatic rings. The van der Waals surface area contributed by atoms with Crippen LogP contribution in [0.25, 0.3) is 0 Å². The predicted molar refractivity (Wildman–Crippen MR) is 83.8 cm³/mol. The smallest absolute Gasteiger partial charge is 0.338 e. The molecule has 1 saturated carbocycles. The summed E-state index contributed by atoms with van der Waals surface area (Å²) < 4.78 is 5.02. The molecule has 21 heavy (non-hydrogen) atoms. The van der Waals surface area contributed by atoms with Crippen LogP contribution >= 0.6 is 0 Å². The summed E-state index contributed by atoms with van der Waals surface area (Å²) in [6, 6.07) is 8.68. The minimum atomic E-state index is -0.236. The molecule has 114 valence electrons. The number of esters is 1. The van der Waals surface area contributed by atoms with Gasteiger partial charge in [-0.25, -0.2) is 4.79 Å². The van der Waals surface area contributed by atoms with Crippen molar-refractivity contribution in [3.8, 4) is 0 Å². The zero-order valence-corrected chi connectivity index (χ0v) is 12.8. The van der Waals surface area contributed by atoms with Crippen LogP contribution in [0.1, 0.15) is 36.5 Å². The van der Waals surface area contributed by atoms with E-state index in [1.54, 1.807) is 0 Å². The van der Waals surface area contributed by atoms with Crippen LogP contribution in [0, 0.1) is 0 Å². The van der Waals surface area contributed by atoms with Crippen molar-refractivity contribution in [1.82, 2.24) is 4.90 Å². The van der Waals surface area contributed by atoms with Crippen molar-refractivity contribution in [2.45, 2.75) is 32.2 Å². The second kappa shape index (κ2) is 6.48. The summed E-state index contributed by atoms with van der Waals surface area (Å²) in [4.78, 5) is 16.7. The van der Waals surface area contributed by atoms with Gasteiger partial charge in [0.1, 0.15) is 0 Å². The van der Waals surface area contributed by atoms with Crippen LogP contribution in [0.3, 0.4) is 0 Å². The third-order valence-electron chi connectivity index (χ3n) is 4.34. The molecule has 3 rings (SSSR count). The molecule has 0 bridgehead atoms. The summed E-state index contributed by atoms with van der Waals surface area (Å²) in [5.41, 5.74) is 1.84. The fourth-order valence-corrected chi connectivity index (χ4v) is 3.02. The Morgan fingerprint density at radius 2 is 1.90 bits per heavy atom. The lowest BCUT2D eigenvalue weighted by atomic mass is 10.2. The molecule has 2 fully saturated rings. The second-order valence-corrected chi connectivity index (χ2v) is 5.88. The Hall–Kier alpha value is -1.55. The Labute approximate surface area is 126 Å². The molecule has 1 aliphatic heterocycles. The van der Waals surface area contributed by atoms with Crippen LogP contribution in [-0.4, -0.2) is 49.7 Å². The maximum absolute atomic E-state index is 11.7. The number of hydrogen-bond donors (Lipinski definition) is 0. The molecule has 0 atom stereocenters. The van der Waals surface area contributed by atoms with Gasteiger partial charge in [-0.1, -0.05) is 0 Å². The molecule has 0 spiro atoms. The molecular weight excluding hydrogens is 264 g/mol. The largest absolute Gasteiger partial charge is 0.462 e. The lowest BCUT2D eigenvalue weighted by Crippen LogP contribution is -2.32. The standard InChI is InChI=1S/C17H24N2O2/c1-2-21-17(20)14-4-6-15(7-5-14)18-10-3-11-19(13-12-18)16-8-9-16/h4-7,16H,2-3,8-13H2,1H3. The molecule has 0 unspecified atom stereocenters. The third-order valence-corrected chi connectivity index (χ3v) is 4.34. The zero-order valence-electron chi connectivity index (χ0n) is 12.8. The summed E-state index contributed by atoms with van der Waals surface area (Å²) in [5, 5.41) is 0. The number of benzene rings is 1. The molecule has 0 N–H and O–H groups in total. The van der Waals surface area contributed by atoms with Crippen LogP contribution in [0.5, 0.6) is 0 Å². The minimum absolute atomic E-state index is 0.236. The van der Waals surface area contributed by atoms with Gasteiger partial charge in [0.2, 0.25) is 0 Å². The quantitative estimate of drug-likeness (QED) is 0.797. The summed E-state index contributed by atoms with van der Waals surface area (Å²) >= 11 is 0. The molecule has 1 aromatic carbocycles. The molecule has 1 heterocycles. The monoisotopic (exact) mass is 288 g/mol. The number of anilines is 1. The van der Waals surface area contributed by atoms with E-state index in [9.17, 15) is 4.79 Å². The first-order valence-electron chi connectivity index (χ1n) is 8.04. The van der Waals surface area contributed by atoms with Crippen LogP contribution in [-0.2, 0) is 4.74 Å². The summed E-state index contributed by atoms with van der Waals surface area (Å²) in [5.74, 6) is -0.236. The van der Waals surface area contributed by atoms with Gasteiger partial charge >= 0.3 is 5.97 Å². The maximum atomic E-state index is 11.7. The van der Waals surface area contributed by atoms with E-state index in [2.05, 4.69) is 9.80 Å². The molecule has 0 aromatic heterocycles. The van der Waals surface area contributed by atoms with Crippen molar-refractivity contribution >= 4 is 11.7 Å². The Morgan fingerprint density at radius 3 is 2.57 bits per heavy atom. The van der Waals surface area contributed by atoms with Gasteiger partial charge in [0.25, 0.3) is 0 Å². The average molecular weight is 288 g/mol. The van der Waals surface area contributed by atoms with Gasteiger partial charge in [-0.05, 0) is 50.5 Å². The first-order chi connectivity index (χ1) is 10.3. The Morgan fingerprint density at radius 1 is 1.14 bits per heavy atom. The topological polar surface area (TPSA) is 32.8 Å². The molecule has 4 nitrogen and oxygen atoms in total. The second-order valence-electron chi connectivity index (χ2n) is 5.88. The highest BCUT2D eigenvalue weighted by molar-refractivity contribution is 5.89. The van der Waals surface area contributed by atoms with Gasteiger partial charge in [0.15, 0.2) is 0 Å². The summed E-state index contributed by atoms with van der Waals surface area (Å²) in [7, 11) is 0. The SMILES string of the molecule is CCOC(=O)c1ccc(N2CCCN(C3CC3)CC2)cc1. The third kappa shape index (κ3) is 3.56. The Kier molecular flexibility index (Phi) is 4.44. The number of ether oxygens (including phenoxy) is 1. The summed E-state index contributed by atoms with van der Waals surface area (Å²) in [6.07, 6.45) is 3.98. The summed E-state index contributed by atoms with van der Waals surface area (Å²) in [6.45, 7) is 6.81. The average Bonchev–Trinajstić information content (AvgIpc) is 3.33. The fraction of sp³-hybridized carbons (Fsp3) is 0.588. The minimum Gasteiger partial charge on any atom is -0.462 e. The van der Waals surface area contributed by atoms with E-state index in [-0.39, 0.29) is 5.97 Å². The number of carbonyl (C=O) groups excluding carboxylic acids is 1. The highest BCUT2D eigenvalue weighted by Gasteiger charge is 2.29. The van der Waals surface area contributed by atoms with Gasteiger partial charge < -0.3 is 9.64 Å². The van der Waals surface area contributed by atoms with Crippen molar-refractivity contribution in [3.05, 3.63) is 29.8 Å². The molecule has 0 amide bonds. The van der Waals surface area contributed by atoms with Gasteiger partial charge in [-0.3, -0.25) is 4.90 Å². The molecule has 2 aliphatic rings. The van der Waals surface area contributed by atoms with E-state index in [1.165, 1.54) is 31.5 Å². The van der Waals surface area contributed by atoms with Crippen LogP contribution in [0.15, 0.2) is 24.3 Å². The van der Waals surface area contributed by atoms with Crippen molar-refractivity contribution in [3.63, 3.8) is 0 Å². The lowest BCUT2D eigenvalue weighted by Gasteiger charge is -2.23. The van der Waals surface area contributed by atoms with Gasteiger partial charge in [0, 0.05) is 37.9 Å². The van der Waals surface area contributed by atoms with Crippen LogP contribution < -0.4 is 4.90 Å². The van der Waals surface area contributed by atoms with E-state index in [0.29, 0.717) is 12.2 Å². The molecule has 1 aliphatic carbocycles. The molecular formula is C17H24N2O2. The fourth-order valence-electron chi connectivity index (χ4n) is 3.02. The first-order valence-corrected chi connectivity index (χ1v) is 8.04. The molecule has 1 saturated heterocycles. The number of rotatable bonds is 4. The number of nitrogens with zero attached hydrogens (tertiary/aromatic N) is 2. The van der Waals surface area contributed by atoms with E-state index in [4.69, 9.17) is 4.74 Å². The number of carbonyl (C=O) groups is 1. The Balaban J connectivity index is 1.62. The van der Waals surface area contributed by atoms with Gasteiger partial charge in [-0.2, -0.15) is 0 Å². The highest BCUT2D eigenvalue weighted by atomic mass is 16.5. The van der Waals surface area contributed by atoms with Crippen LogP contribution in [0.2, 0.25) is 0 Å². The van der Waals surface area contributed by atoms with Crippen molar-refractivity contribution in [2.75, 3.05) is 37.7 Å². The van der Waals surface area contributed by atoms with Crippen molar-refractivity contribution in [2.24, 2.45) is 0 Å². The number of hydrogen-bond acceptors (Lipinski definition) is 4. The normalized spacial score (nSPS) is 20.1. The van der Waals surface area contributed by atoms with Crippen molar-refractivity contribution < 1.29 is 9.53 Å². The lowest BCUT2D eigenvalue weighted by molar-refractivity contribution is 0.0526. The highest BCUT2D eigenvalue weighted by Crippen LogP contribution is 2.28. The predicted octanol–water partition coefficient (Wildman–Crippen LogP) is 2.54. The van der Waals surface area contributed by atoms with Crippen LogP contribution in [0.4, 0.5) is 5.69 Å². The van der Waals surface area contributed by atoms with E-state index in [1.807, 2.05) is 31.2 Å². The molecule has 0 radical (unpaired) electrons. The first kappa shape index (κ1) is 14.4. The Bertz CT molecular complexity index is 482. The maximum Gasteiger partial charge on any atom is 0.338 e. The van der Waals surface area contributed by atoms with E-state index < -0.39 is 0 Å². The van der Waals surface area contributed by atoms with Gasteiger partial charge in [-0.15, -0.1) is 0 Å².